The van der Waals surface area contributed by atoms with Gasteiger partial charge in [-0.2, -0.15) is 0 Å². The average molecular weight is 429 g/mol. The van der Waals surface area contributed by atoms with E-state index in [0.29, 0.717) is 20.7 Å². The van der Waals surface area contributed by atoms with E-state index in [1.165, 1.54) is 11.3 Å². The molecule has 1 aromatic heterocycles. The molecule has 7 nitrogen and oxygen atoms in total. The summed E-state index contributed by atoms with van der Waals surface area (Å²) in [5.74, 6) is -0.956. The van der Waals surface area contributed by atoms with E-state index in [1.54, 1.807) is 24.3 Å². The lowest BCUT2D eigenvalue weighted by atomic mass is 10.1. The zero-order chi connectivity index (χ0) is 20.8. The SMILES string of the molecule is Cc1cc(C)cc(NC(=O)C(OC(=O)CSc2nnc(N)s2)c2ccccc2)c1. The molecule has 0 fully saturated rings. The van der Waals surface area contributed by atoms with Crippen molar-refractivity contribution in [3.63, 3.8) is 0 Å². The first-order chi connectivity index (χ1) is 13.9. The van der Waals surface area contributed by atoms with Crippen LogP contribution in [0.2, 0.25) is 0 Å². The summed E-state index contributed by atoms with van der Waals surface area (Å²) in [7, 11) is 0. The van der Waals surface area contributed by atoms with Gasteiger partial charge in [-0.15, -0.1) is 10.2 Å². The molecule has 0 aliphatic carbocycles. The number of benzene rings is 2. The Kier molecular flexibility index (Phi) is 6.84. The van der Waals surface area contributed by atoms with Gasteiger partial charge in [0.25, 0.3) is 5.91 Å². The van der Waals surface area contributed by atoms with E-state index in [0.717, 1.165) is 22.9 Å². The average Bonchev–Trinajstić information content (AvgIpc) is 3.09. The lowest BCUT2D eigenvalue weighted by Crippen LogP contribution is -2.26. The highest BCUT2D eigenvalue weighted by Gasteiger charge is 2.25. The predicted octanol–water partition coefficient (Wildman–Crippen LogP) is 3.75. The Balaban J connectivity index is 1.72. The standard InChI is InChI=1S/C20H20N4O3S2/c1-12-8-13(2)10-15(9-12)22-18(26)17(14-6-4-3-5-7-14)27-16(25)11-28-20-24-23-19(21)29-20/h3-10,17H,11H2,1-2H3,(H2,21,23)(H,22,26). The largest absolute Gasteiger partial charge is 0.447 e. The van der Waals surface area contributed by atoms with E-state index >= 15 is 0 Å². The molecule has 0 bridgehead atoms. The number of hydrogen-bond acceptors (Lipinski definition) is 8. The van der Waals surface area contributed by atoms with Crippen molar-refractivity contribution in [1.29, 1.82) is 0 Å². The summed E-state index contributed by atoms with van der Waals surface area (Å²) < 4.78 is 6.08. The quantitative estimate of drug-likeness (QED) is 0.436. The molecular formula is C20H20N4O3S2. The number of nitrogens with two attached hydrogens (primary N) is 1. The molecule has 9 heteroatoms. The minimum Gasteiger partial charge on any atom is -0.447 e. The molecule has 0 saturated heterocycles. The summed E-state index contributed by atoms with van der Waals surface area (Å²) in [5.41, 5.74) is 8.84. The highest BCUT2D eigenvalue weighted by molar-refractivity contribution is 8.01. The molecule has 3 aromatic rings. The number of aryl methyl sites for hydroxylation is 2. The van der Waals surface area contributed by atoms with Crippen molar-refractivity contribution in [3.05, 3.63) is 65.2 Å². The monoisotopic (exact) mass is 428 g/mol. The molecule has 3 N–H and O–H groups in total. The maximum Gasteiger partial charge on any atom is 0.317 e. The molecule has 3 rings (SSSR count). The van der Waals surface area contributed by atoms with E-state index in [2.05, 4.69) is 15.5 Å². The van der Waals surface area contributed by atoms with Crippen molar-refractivity contribution in [1.82, 2.24) is 10.2 Å². The van der Waals surface area contributed by atoms with Gasteiger partial charge >= 0.3 is 5.97 Å². The summed E-state index contributed by atoms with van der Waals surface area (Å²) >= 11 is 2.35. The molecule has 0 radical (unpaired) electrons. The minimum absolute atomic E-state index is 0.00516. The van der Waals surface area contributed by atoms with Crippen molar-refractivity contribution in [2.24, 2.45) is 0 Å². The molecule has 0 aliphatic rings. The van der Waals surface area contributed by atoms with Crippen LogP contribution < -0.4 is 11.1 Å². The predicted molar refractivity (Wildman–Crippen MR) is 115 cm³/mol. The highest BCUT2D eigenvalue weighted by atomic mass is 32.2. The van der Waals surface area contributed by atoms with Crippen LogP contribution in [-0.4, -0.2) is 27.8 Å². The summed E-state index contributed by atoms with van der Waals surface area (Å²) in [6.45, 7) is 3.91. The van der Waals surface area contributed by atoms with Crippen LogP contribution >= 0.6 is 23.1 Å². The summed E-state index contributed by atoms with van der Waals surface area (Å²) in [6, 6.07) is 14.7. The Morgan fingerprint density at radius 1 is 1.14 bits per heavy atom. The fourth-order valence-corrected chi connectivity index (χ4v) is 4.14. The van der Waals surface area contributed by atoms with Crippen LogP contribution in [0, 0.1) is 13.8 Å². The van der Waals surface area contributed by atoms with Crippen LogP contribution in [0.3, 0.4) is 0 Å². The number of ether oxygens (including phenoxy) is 1. The number of thioether (sulfide) groups is 1. The Labute approximate surface area is 176 Å². The molecule has 29 heavy (non-hydrogen) atoms. The maximum absolute atomic E-state index is 12.9. The molecule has 1 amide bonds. The fraction of sp³-hybridized carbons (Fsp3) is 0.200. The molecule has 1 unspecified atom stereocenters. The van der Waals surface area contributed by atoms with Crippen LogP contribution in [0.5, 0.6) is 0 Å². The maximum atomic E-state index is 12.9. The third kappa shape index (κ3) is 6.03. The number of aromatic nitrogens is 2. The normalized spacial score (nSPS) is 11.7. The number of nitrogens with one attached hydrogen (secondary N) is 1. The van der Waals surface area contributed by atoms with Gasteiger partial charge in [0.15, 0.2) is 4.34 Å². The number of nitrogen functional groups attached to an aromatic ring is 1. The number of rotatable bonds is 7. The number of esters is 1. The molecule has 0 aliphatic heterocycles. The molecular weight excluding hydrogens is 408 g/mol. The van der Waals surface area contributed by atoms with E-state index in [-0.39, 0.29) is 5.75 Å². The van der Waals surface area contributed by atoms with Gasteiger partial charge in [-0.25, -0.2) is 0 Å². The van der Waals surface area contributed by atoms with Crippen molar-refractivity contribution in [2.75, 3.05) is 16.8 Å². The fourth-order valence-electron chi connectivity index (χ4n) is 2.72. The Hall–Kier alpha value is -2.91. The molecule has 2 aromatic carbocycles. The van der Waals surface area contributed by atoms with Crippen LogP contribution in [-0.2, 0) is 14.3 Å². The number of hydrogen-bond donors (Lipinski definition) is 2. The molecule has 0 spiro atoms. The van der Waals surface area contributed by atoms with Crippen LogP contribution in [0.25, 0.3) is 0 Å². The van der Waals surface area contributed by atoms with Gasteiger partial charge in [-0.3, -0.25) is 9.59 Å². The number of anilines is 2. The lowest BCUT2D eigenvalue weighted by molar-refractivity contribution is -0.152. The second-order valence-electron chi connectivity index (χ2n) is 6.34. The van der Waals surface area contributed by atoms with Gasteiger partial charge in [0.05, 0.1) is 5.75 Å². The molecule has 1 atom stereocenters. The summed E-state index contributed by atoms with van der Waals surface area (Å²) in [5, 5.41) is 10.7. The Bertz CT molecular complexity index is 988. The number of carbonyl (C=O) groups excluding carboxylic acids is 2. The van der Waals surface area contributed by atoms with Crippen molar-refractivity contribution in [2.45, 2.75) is 24.3 Å². The first-order valence-corrected chi connectivity index (χ1v) is 10.6. The Morgan fingerprint density at radius 3 is 2.45 bits per heavy atom. The highest BCUT2D eigenvalue weighted by Crippen LogP contribution is 2.26. The topological polar surface area (TPSA) is 107 Å². The van der Waals surface area contributed by atoms with Gasteiger partial charge in [-0.05, 0) is 37.1 Å². The number of carbonyl (C=O) groups is 2. The van der Waals surface area contributed by atoms with E-state index < -0.39 is 18.0 Å². The zero-order valence-electron chi connectivity index (χ0n) is 15.9. The molecule has 1 heterocycles. The second-order valence-corrected chi connectivity index (χ2v) is 8.57. The van der Waals surface area contributed by atoms with Gasteiger partial charge in [0.1, 0.15) is 0 Å². The van der Waals surface area contributed by atoms with E-state index in [1.807, 2.05) is 38.1 Å². The number of nitrogens with zero attached hydrogens (tertiary/aromatic N) is 2. The van der Waals surface area contributed by atoms with E-state index in [9.17, 15) is 9.59 Å². The van der Waals surface area contributed by atoms with Gasteiger partial charge in [0, 0.05) is 11.3 Å². The lowest BCUT2D eigenvalue weighted by Gasteiger charge is -2.18. The van der Waals surface area contributed by atoms with Crippen LogP contribution in [0.4, 0.5) is 10.8 Å². The van der Waals surface area contributed by atoms with Crippen molar-refractivity contribution < 1.29 is 14.3 Å². The zero-order valence-corrected chi connectivity index (χ0v) is 17.5. The number of amides is 1. The third-order valence-corrected chi connectivity index (χ3v) is 5.67. The first kappa shape index (κ1) is 20.8. The van der Waals surface area contributed by atoms with Crippen molar-refractivity contribution >= 4 is 45.8 Å². The third-order valence-electron chi connectivity index (χ3n) is 3.81. The van der Waals surface area contributed by atoms with E-state index in [4.69, 9.17) is 10.5 Å². The first-order valence-electron chi connectivity index (χ1n) is 8.76. The van der Waals surface area contributed by atoms with Gasteiger partial charge in [0.2, 0.25) is 11.2 Å². The van der Waals surface area contributed by atoms with Crippen molar-refractivity contribution in [3.8, 4) is 0 Å². The molecule has 0 saturated carbocycles. The smallest absolute Gasteiger partial charge is 0.317 e. The minimum atomic E-state index is -1.07. The summed E-state index contributed by atoms with van der Waals surface area (Å²) in [4.78, 5) is 25.3. The van der Waals surface area contributed by atoms with Gasteiger partial charge in [-0.1, -0.05) is 59.5 Å². The second kappa shape index (κ2) is 9.53. The molecule has 150 valence electrons. The summed E-state index contributed by atoms with van der Waals surface area (Å²) in [6.07, 6.45) is -1.07. The van der Waals surface area contributed by atoms with Crippen LogP contribution in [0.1, 0.15) is 22.8 Å². The Morgan fingerprint density at radius 2 is 1.83 bits per heavy atom. The van der Waals surface area contributed by atoms with Crippen LogP contribution in [0.15, 0.2) is 52.9 Å². The van der Waals surface area contributed by atoms with Gasteiger partial charge < -0.3 is 15.8 Å².